The van der Waals surface area contributed by atoms with E-state index in [1.165, 1.54) is 20.4 Å². The van der Waals surface area contributed by atoms with Gasteiger partial charge in [-0.2, -0.15) is 5.10 Å². The van der Waals surface area contributed by atoms with E-state index in [0.717, 1.165) is 11.1 Å². The Morgan fingerprint density at radius 3 is 2.52 bits per heavy atom. The molecule has 0 heterocycles. The number of benzene rings is 2. The number of amides is 2. The van der Waals surface area contributed by atoms with Crippen LogP contribution in [0, 0.1) is 13.8 Å². The second-order valence-corrected chi connectivity index (χ2v) is 5.92. The van der Waals surface area contributed by atoms with Gasteiger partial charge in [0.1, 0.15) is 6.42 Å². The minimum Gasteiger partial charge on any atom is -0.493 e. The second kappa shape index (κ2) is 9.38. The lowest BCUT2D eigenvalue weighted by molar-refractivity contribution is -0.126. The summed E-state index contributed by atoms with van der Waals surface area (Å²) in [7, 11) is 3.06. The normalized spacial score (nSPS) is 10.5. The van der Waals surface area contributed by atoms with Crippen LogP contribution in [0.15, 0.2) is 41.5 Å². The fourth-order valence-corrected chi connectivity index (χ4v) is 2.52. The predicted molar refractivity (Wildman–Crippen MR) is 104 cm³/mol. The molecule has 2 N–H and O–H groups in total. The number of nitrogens with one attached hydrogen (secondary N) is 2. The fourth-order valence-electron chi connectivity index (χ4n) is 2.52. The number of para-hydroxylation sites is 1. The first-order chi connectivity index (χ1) is 12.9. The number of carbonyl (C=O) groups excluding carboxylic acids is 2. The van der Waals surface area contributed by atoms with Crippen LogP contribution in [-0.4, -0.2) is 32.2 Å². The molecule has 0 saturated carbocycles. The Labute approximate surface area is 158 Å². The van der Waals surface area contributed by atoms with Gasteiger partial charge in [-0.1, -0.05) is 23.8 Å². The Morgan fingerprint density at radius 2 is 1.85 bits per heavy atom. The number of carbonyl (C=O) groups is 2. The summed E-state index contributed by atoms with van der Waals surface area (Å²) in [5.74, 6) is 0.134. The monoisotopic (exact) mass is 369 g/mol. The molecule has 142 valence electrons. The van der Waals surface area contributed by atoms with Gasteiger partial charge in [-0.15, -0.1) is 0 Å². The molecule has 0 aliphatic heterocycles. The molecule has 2 aromatic rings. The summed E-state index contributed by atoms with van der Waals surface area (Å²) < 4.78 is 10.5. The van der Waals surface area contributed by atoms with Crippen LogP contribution < -0.4 is 20.2 Å². The highest BCUT2D eigenvalue weighted by molar-refractivity contribution is 6.04. The highest BCUT2D eigenvalue weighted by Crippen LogP contribution is 2.29. The van der Waals surface area contributed by atoms with E-state index in [2.05, 4.69) is 15.8 Å². The molecule has 0 aromatic heterocycles. The van der Waals surface area contributed by atoms with Gasteiger partial charge in [0.2, 0.25) is 11.8 Å². The van der Waals surface area contributed by atoms with E-state index in [-0.39, 0.29) is 6.42 Å². The maximum Gasteiger partial charge on any atom is 0.249 e. The van der Waals surface area contributed by atoms with Crippen molar-refractivity contribution in [1.82, 2.24) is 5.43 Å². The lowest BCUT2D eigenvalue weighted by Crippen LogP contribution is -2.24. The average molecular weight is 369 g/mol. The highest BCUT2D eigenvalue weighted by Gasteiger charge is 2.11. The van der Waals surface area contributed by atoms with Crippen LogP contribution in [-0.2, 0) is 9.59 Å². The van der Waals surface area contributed by atoms with Crippen LogP contribution in [0.5, 0.6) is 11.5 Å². The zero-order valence-electron chi connectivity index (χ0n) is 15.8. The van der Waals surface area contributed by atoms with Crippen LogP contribution >= 0.6 is 0 Å². The van der Waals surface area contributed by atoms with E-state index >= 15 is 0 Å². The number of methoxy groups -OCH3 is 2. The summed E-state index contributed by atoms with van der Waals surface area (Å²) in [5.41, 5.74) is 5.69. The van der Waals surface area contributed by atoms with Gasteiger partial charge in [0.05, 0.1) is 20.4 Å². The third kappa shape index (κ3) is 5.57. The maximum absolute atomic E-state index is 12.0. The minimum absolute atomic E-state index is 0.333. The Balaban J connectivity index is 1.92. The molecule has 0 fully saturated rings. The van der Waals surface area contributed by atoms with Crippen molar-refractivity contribution >= 4 is 23.7 Å². The van der Waals surface area contributed by atoms with Crippen LogP contribution in [0.2, 0.25) is 0 Å². The quantitative estimate of drug-likeness (QED) is 0.446. The number of hydrogen-bond donors (Lipinski definition) is 2. The van der Waals surface area contributed by atoms with Crippen molar-refractivity contribution in [3.05, 3.63) is 53.1 Å². The van der Waals surface area contributed by atoms with Gasteiger partial charge in [0, 0.05) is 11.3 Å². The largest absolute Gasteiger partial charge is 0.493 e. The maximum atomic E-state index is 12.0. The van der Waals surface area contributed by atoms with E-state index in [4.69, 9.17) is 9.47 Å². The molecule has 0 aliphatic carbocycles. The van der Waals surface area contributed by atoms with Crippen LogP contribution in [0.1, 0.15) is 23.1 Å². The van der Waals surface area contributed by atoms with E-state index in [9.17, 15) is 9.59 Å². The zero-order valence-corrected chi connectivity index (χ0v) is 15.8. The van der Waals surface area contributed by atoms with Crippen molar-refractivity contribution in [3.8, 4) is 11.5 Å². The fraction of sp³-hybridized carbons (Fsp3) is 0.250. The molecule has 0 radical (unpaired) electrons. The molecule has 0 saturated heterocycles. The molecule has 0 spiro atoms. The number of aryl methyl sites for hydroxylation is 2. The standard InChI is InChI=1S/C20H23N3O4/c1-13-8-9-16(14(2)10-13)22-18(24)11-19(25)23-21-12-15-6-5-7-17(26-3)20(15)27-4/h5-10,12H,11H2,1-4H3,(H,22,24)(H,23,25). The van der Waals surface area contributed by atoms with Crippen molar-refractivity contribution in [2.24, 2.45) is 5.10 Å². The second-order valence-electron chi connectivity index (χ2n) is 5.92. The molecule has 0 atom stereocenters. The van der Waals surface area contributed by atoms with Crippen LogP contribution in [0.4, 0.5) is 5.69 Å². The molecule has 2 rings (SSSR count). The number of hydrazone groups is 1. The van der Waals surface area contributed by atoms with Gasteiger partial charge >= 0.3 is 0 Å². The molecule has 27 heavy (non-hydrogen) atoms. The predicted octanol–water partition coefficient (Wildman–Crippen LogP) is 2.80. The van der Waals surface area contributed by atoms with Crippen molar-refractivity contribution in [1.29, 1.82) is 0 Å². The van der Waals surface area contributed by atoms with Crippen LogP contribution in [0.25, 0.3) is 0 Å². The molecule has 0 bridgehead atoms. The summed E-state index contributed by atoms with van der Waals surface area (Å²) >= 11 is 0. The molecule has 0 unspecified atom stereocenters. The molecule has 7 heteroatoms. The summed E-state index contributed by atoms with van der Waals surface area (Å²) in [5, 5.41) is 6.60. The molecule has 2 aromatic carbocycles. The van der Waals surface area contributed by atoms with Gasteiger partial charge in [-0.3, -0.25) is 9.59 Å². The number of nitrogens with zero attached hydrogens (tertiary/aromatic N) is 1. The van der Waals surface area contributed by atoms with Gasteiger partial charge in [-0.25, -0.2) is 5.43 Å². The van der Waals surface area contributed by atoms with E-state index in [1.54, 1.807) is 18.2 Å². The first-order valence-electron chi connectivity index (χ1n) is 8.34. The van der Waals surface area contributed by atoms with Gasteiger partial charge in [-0.05, 0) is 37.6 Å². The van der Waals surface area contributed by atoms with E-state index < -0.39 is 11.8 Å². The van der Waals surface area contributed by atoms with Crippen LogP contribution in [0.3, 0.4) is 0 Å². The number of anilines is 1. The van der Waals surface area contributed by atoms with Gasteiger partial charge < -0.3 is 14.8 Å². The van der Waals surface area contributed by atoms with Crippen molar-refractivity contribution in [2.45, 2.75) is 20.3 Å². The molecule has 0 aliphatic rings. The molecule has 2 amide bonds. The summed E-state index contributed by atoms with van der Waals surface area (Å²) in [4.78, 5) is 23.9. The lowest BCUT2D eigenvalue weighted by Gasteiger charge is -2.09. The first kappa shape index (κ1) is 20.0. The SMILES string of the molecule is COc1cccc(C=NNC(=O)CC(=O)Nc2ccc(C)cc2C)c1OC. The Morgan fingerprint density at radius 1 is 1.07 bits per heavy atom. The first-order valence-corrected chi connectivity index (χ1v) is 8.34. The topological polar surface area (TPSA) is 89.0 Å². The van der Waals surface area contributed by atoms with Crippen molar-refractivity contribution < 1.29 is 19.1 Å². The van der Waals surface area contributed by atoms with Gasteiger partial charge in [0.15, 0.2) is 11.5 Å². The Kier molecular flexibility index (Phi) is 6.93. The van der Waals surface area contributed by atoms with Gasteiger partial charge in [0.25, 0.3) is 0 Å². The summed E-state index contributed by atoms with van der Waals surface area (Å²) in [6.07, 6.45) is 1.10. The van der Waals surface area contributed by atoms with Crippen molar-refractivity contribution in [2.75, 3.05) is 19.5 Å². The minimum atomic E-state index is -0.518. The average Bonchev–Trinajstić information content (AvgIpc) is 2.63. The summed E-state index contributed by atoms with van der Waals surface area (Å²) in [6, 6.07) is 11.0. The number of ether oxygens (including phenoxy) is 2. The Hall–Kier alpha value is -3.35. The zero-order chi connectivity index (χ0) is 19.8. The summed E-state index contributed by atoms with van der Waals surface area (Å²) in [6.45, 7) is 3.87. The van der Waals surface area contributed by atoms with E-state index in [0.29, 0.717) is 22.7 Å². The third-order valence-electron chi connectivity index (χ3n) is 3.80. The Bertz CT molecular complexity index is 862. The van der Waals surface area contributed by atoms with E-state index in [1.807, 2.05) is 32.0 Å². The lowest BCUT2D eigenvalue weighted by atomic mass is 10.1. The third-order valence-corrected chi connectivity index (χ3v) is 3.80. The highest BCUT2D eigenvalue weighted by atomic mass is 16.5. The molecular weight excluding hydrogens is 346 g/mol. The molecular formula is C20H23N3O4. The van der Waals surface area contributed by atoms with Crippen molar-refractivity contribution in [3.63, 3.8) is 0 Å². The number of hydrogen-bond acceptors (Lipinski definition) is 5. The molecule has 7 nitrogen and oxygen atoms in total. The smallest absolute Gasteiger partial charge is 0.249 e. The number of rotatable bonds is 7.